The summed E-state index contributed by atoms with van der Waals surface area (Å²) in [5.41, 5.74) is 5.24. The summed E-state index contributed by atoms with van der Waals surface area (Å²) in [4.78, 5) is 27.0. The van der Waals surface area contributed by atoms with Crippen molar-refractivity contribution in [3.63, 3.8) is 0 Å². The van der Waals surface area contributed by atoms with E-state index < -0.39 is 5.54 Å². The molecule has 0 aliphatic heterocycles. The molecule has 98 valence electrons. The molecule has 17 heavy (non-hydrogen) atoms. The lowest BCUT2D eigenvalue weighted by Crippen LogP contribution is -2.59. The van der Waals surface area contributed by atoms with Gasteiger partial charge < -0.3 is 15.5 Å². The Morgan fingerprint density at radius 3 is 2.12 bits per heavy atom. The number of nitrogens with two attached hydrogens (primary N) is 1. The zero-order valence-corrected chi connectivity index (χ0v) is 11.0. The van der Waals surface area contributed by atoms with Gasteiger partial charge in [0.05, 0.1) is 12.1 Å². The van der Waals surface area contributed by atoms with Crippen LogP contribution in [-0.4, -0.2) is 53.8 Å². The van der Waals surface area contributed by atoms with Crippen LogP contribution in [0.25, 0.3) is 0 Å². The predicted molar refractivity (Wildman–Crippen MR) is 66.3 cm³/mol. The van der Waals surface area contributed by atoms with E-state index in [4.69, 9.17) is 5.73 Å². The Balaban J connectivity index is 2.51. The molecule has 2 amide bonds. The maximum Gasteiger partial charge on any atom is 0.242 e. The second-order valence-electron chi connectivity index (χ2n) is 4.74. The molecule has 0 aromatic carbocycles. The summed E-state index contributed by atoms with van der Waals surface area (Å²) in [6, 6.07) is 0. The molecule has 1 rings (SSSR count). The first-order valence-electron chi connectivity index (χ1n) is 6.26. The highest BCUT2D eigenvalue weighted by atomic mass is 16.2. The lowest BCUT2D eigenvalue weighted by molar-refractivity contribution is -0.144. The molecule has 1 aliphatic rings. The quantitative estimate of drug-likeness (QED) is 0.747. The molecule has 1 saturated carbocycles. The van der Waals surface area contributed by atoms with Crippen LogP contribution in [0.15, 0.2) is 0 Å². The van der Waals surface area contributed by atoms with Gasteiger partial charge in [-0.15, -0.1) is 0 Å². The third-order valence-electron chi connectivity index (χ3n) is 3.51. The summed E-state index contributed by atoms with van der Waals surface area (Å²) in [5.74, 6) is -0.127. The summed E-state index contributed by atoms with van der Waals surface area (Å²) in [6.45, 7) is 5.33. The van der Waals surface area contributed by atoms with Crippen LogP contribution in [0.2, 0.25) is 0 Å². The van der Waals surface area contributed by atoms with Crippen LogP contribution in [0, 0.1) is 0 Å². The molecule has 0 heterocycles. The fourth-order valence-electron chi connectivity index (χ4n) is 2.10. The Morgan fingerprint density at radius 1 is 1.24 bits per heavy atom. The molecule has 1 fully saturated rings. The van der Waals surface area contributed by atoms with Gasteiger partial charge in [-0.25, -0.2) is 0 Å². The van der Waals surface area contributed by atoms with Crippen molar-refractivity contribution in [1.82, 2.24) is 9.80 Å². The Labute approximate surface area is 103 Å². The van der Waals surface area contributed by atoms with Crippen molar-refractivity contribution in [2.24, 2.45) is 5.73 Å². The third kappa shape index (κ3) is 2.97. The summed E-state index contributed by atoms with van der Waals surface area (Å²) < 4.78 is 0. The molecule has 5 nitrogen and oxygen atoms in total. The van der Waals surface area contributed by atoms with Gasteiger partial charge in [0, 0.05) is 20.1 Å². The molecule has 0 aromatic rings. The second-order valence-corrected chi connectivity index (χ2v) is 4.74. The molecule has 2 N–H and O–H groups in total. The summed E-state index contributed by atoms with van der Waals surface area (Å²) in [7, 11) is 1.65. The Kier molecular flexibility index (Phi) is 4.51. The number of amides is 2. The lowest BCUT2D eigenvalue weighted by Gasteiger charge is -2.39. The highest BCUT2D eigenvalue weighted by Gasteiger charge is 2.42. The van der Waals surface area contributed by atoms with Crippen LogP contribution in [0.4, 0.5) is 0 Å². The van der Waals surface area contributed by atoms with E-state index in [0.717, 1.165) is 19.3 Å². The van der Waals surface area contributed by atoms with Crippen molar-refractivity contribution < 1.29 is 9.59 Å². The minimum absolute atomic E-state index is 0.0197. The van der Waals surface area contributed by atoms with Gasteiger partial charge in [-0.2, -0.15) is 0 Å². The van der Waals surface area contributed by atoms with E-state index in [1.165, 1.54) is 4.90 Å². The van der Waals surface area contributed by atoms with Gasteiger partial charge in [0.2, 0.25) is 11.8 Å². The summed E-state index contributed by atoms with van der Waals surface area (Å²) in [6.07, 6.45) is 2.46. The largest absolute Gasteiger partial charge is 0.342 e. The van der Waals surface area contributed by atoms with Crippen molar-refractivity contribution in [2.75, 3.05) is 26.7 Å². The average molecular weight is 241 g/mol. The van der Waals surface area contributed by atoms with Gasteiger partial charge >= 0.3 is 0 Å². The van der Waals surface area contributed by atoms with Crippen LogP contribution in [0.1, 0.15) is 33.1 Å². The topological polar surface area (TPSA) is 66.6 Å². The highest BCUT2D eigenvalue weighted by Crippen LogP contribution is 2.30. The van der Waals surface area contributed by atoms with Crippen LogP contribution in [0.3, 0.4) is 0 Å². The van der Waals surface area contributed by atoms with Crippen LogP contribution < -0.4 is 5.73 Å². The Morgan fingerprint density at radius 2 is 1.76 bits per heavy atom. The first kappa shape index (κ1) is 14.0. The zero-order chi connectivity index (χ0) is 13.1. The number of carbonyl (C=O) groups excluding carboxylic acids is 2. The highest BCUT2D eigenvalue weighted by molar-refractivity contribution is 5.90. The van der Waals surface area contributed by atoms with Crippen molar-refractivity contribution in [1.29, 1.82) is 0 Å². The monoisotopic (exact) mass is 241 g/mol. The molecule has 0 aromatic heterocycles. The van der Waals surface area contributed by atoms with E-state index >= 15 is 0 Å². The lowest BCUT2D eigenvalue weighted by atomic mass is 9.76. The Hall–Kier alpha value is -1.10. The molecule has 0 unspecified atom stereocenters. The van der Waals surface area contributed by atoms with Crippen LogP contribution in [0.5, 0.6) is 0 Å². The molecule has 0 spiro atoms. The molecule has 0 atom stereocenters. The van der Waals surface area contributed by atoms with E-state index in [-0.39, 0.29) is 18.4 Å². The minimum Gasteiger partial charge on any atom is -0.342 e. The number of hydrogen-bond acceptors (Lipinski definition) is 3. The summed E-state index contributed by atoms with van der Waals surface area (Å²) >= 11 is 0. The number of nitrogens with zero attached hydrogens (tertiary/aromatic N) is 2. The number of likely N-dealkylation sites (N-methyl/N-ethyl adjacent to an activating group) is 2. The van der Waals surface area contributed by atoms with Gasteiger partial charge in [0.25, 0.3) is 0 Å². The zero-order valence-electron chi connectivity index (χ0n) is 11.0. The Bertz CT molecular complexity index is 296. The van der Waals surface area contributed by atoms with E-state index in [0.29, 0.717) is 13.1 Å². The van der Waals surface area contributed by atoms with Gasteiger partial charge in [0.1, 0.15) is 0 Å². The normalized spacial score (nSPS) is 17.2. The second kappa shape index (κ2) is 5.49. The van der Waals surface area contributed by atoms with E-state index in [1.54, 1.807) is 11.9 Å². The van der Waals surface area contributed by atoms with Gasteiger partial charge in [-0.1, -0.05) is 0 Å². The van der Waals surface area contributed by atoms with Crippen molar-refractivity contribution in [2.45, 2.75) is 38.6 Å². The first-order chi connectivity index (χ1) is 7.94. The maximum absolute atomic E-state index is 12.0. The van der Waals surface area contributed by atoms with Crippen LogP contribution >= 0.6 is 0 Å². The standard InChI is InChI=1S/C12H23N3O2/c1-4-15(5-2)10(16)9-14(3)11(17)12(13)7-6-8-12/h4-9,13H2,1-3H3. The van der Waals surface area contributed by atoms with Gasteiger partial charge in [-0.3, -0.25) is 9.59 Å². The molecule has 1 aliphatic carbocycles. The van der Waals surface area contributed by atoms with E-state index in [2.05, 4.69) is 0 Å². The summed E-state index contributed by atoms with van der Waals surface area (Å²) in [5, 5.41) is 0. The maximum atomic E-state index is 12.0. The first-order valence-corrected chi connectivity index (χ1v) is 6.26. The molecular weight excluding hydrogens is 218 g/mol. The molecule has 0 radical (unpaired) electrons. The minimum atomic E-state index is -0.710. The van der Waals surface area contributed by atoms with Gasteiger partial charge in [-0.05, 0) is 33.1 Å². The number of hydrogen-bond donors (Lipinski definition) is 1. The smallest absolute Gasteiger partial charge is 0.242 e. The predicted octanol–water partition coefficient (Wildman–Crippen LogP) is 0.195. The number of rotatable bonds is 5. The van der Waals surface area contributed by atoms with Crippen molar-refractivity contribution in [3.05, 3.63) is 0 Å². The average Bonchev–Trinajstić information content (AvgIpc) is 2.26. The fraction of sp³-hybridized carbons (Fsp3) is 0.833. The van der Waals surface area contributed by atoms with E-state index in [1.807, 2.05) is 13.8 Å². The van der Waals surface area contributed by atoms with E-state index in [9.17, 15) is 9.59 Å². The molecule has 0 saturated heterocycles. The fourth-order valence-corrected chi connectivity index (χ4v) is 2.10. The third-order valence-corrected chi connectivity index (χ3v) is 3.51. The SMILES string of the molecule is CCN(CC)C(=O)CN(C)C(=O)C1(N)CCC1. The van der Waals surface area contributed by atoms with Crippen molar-refractivity contribution in [3.8, 4) is 0 Å². The van der Waals surface area contributed by atoms with Gasteiger partial charge in [0.15, 0.2) is 0 Å². The molecular formula is C12H23N3O2. The van der Waals surface area contributed by atoms with Crippen LogP contribution in [-0.2, 0) is 9.59 Å². The molecule has 0 bridgehead atoms. The number of carbonyl (C=O) groups is 2. The van der Waals surface area contributed by atoms with Crippen molar-refractivity contribution >= 4 is 11.8 Å². The molecule has 5 heteroatoms.